The fourth-order valence-corrected chi connectivity index (χ4v) is 4.33. The topological polar surface area (TPSA) is 34.1 Å². The highest BCUT2D eigenvalue weighted by atomic mass is 32.2. The Bertz CT molecular complexity index is 764. The molecule has 1 atom stereocenters. The van der Waals surface area contributed by atoms with Gasteiger partial charge in [0.15, 0.2) is 16.7 Å². The molecule has 1 aliphatic heterocycles. The Morgan fingerprint density at radius 2 is 1.85 bits per heavy atom. The molecule has 0 N–H and O–H groups in total. The maximum absolute atomic E-state index is 5.45. The van der Waals surface area contributed by atoms with Gasteiger partial charge in [-0.15, -0.1) is 0 Å². The summed E-state index contributed by atoms with van der Waals surface area (Å²) < 4.78 is 10.8. The molecule has 0 aliphatic carbocycles. The lowest BCUT2D eigenvalue weighted by Crippen LogP contribution is -2.35. The first-order chi connectivity index (χ1) is 13.2. The minimum Gasteiger partial charge on any atom is -0.493 e. The first-order valence-corrected chi connectivity index (χ1v) is 10.4. The maximum Gasteiger partial charge on any atom is 0.160 e. The number of thioether (sulfide) groups is 1. The quantitative estimate of drug-likeness (QED) is 0.686. The number of rotatable bonds is 7. The van der Waals surface area contributed by atoms with Crippen LogP contribution in [-0.4, -0.2) is 43.1 Å². The summed E-state index contributed by atoms with van der Waals surface area (Å²) in [5.41, 5.74) is 2.55. The van der Waals surface area contributed by atoms with Crippen LogP contribution < -0.4 is 9.47 Å². The average molecular weight is 385 g/mol. The minimum absolute atomic E-state index is 0.288. The van der Waals surface area contributed by atoms with Gasteiger partial charge in [-0.2, -0.15) is 0 Å². The molecule has 0 bridgehead atoms. The molecule has 1 heterocycles. The van der Waals surface area contributed by atoms with Crippen molar-refractivity contribution in [2.24, 2.45) is 4.99 Å². The summed E-state index contributed by atoms with van der Waals surface area (Å²) in [5.74, 6) is 2.69. The lowest BCUT2D eigenvalue weighted by molar-refractivity contribution is 0.342. The largest absolute Gasteiger partial charge is 0.493 e. The van der Waals surface area contributed by atoms with Crippen molar-refractivity contribution in [3.8, 4) is 11.5 Å². The molecule has 3 rings (SSSR count). The Kier molecular flexibility index (Phi) is 7.04. The van der Waals surface area contributed by atoms with Crippen molar-refractivity contribution in [1.82, 2.24) is 4.90 Å². The zero-order chi connectivity index (χ0) is 19.1. The molecule has 0 aromatic heterocycles. The molecule has 0 fully saturated rings. The third kappa shape index (κ3) is 4.98. The van der Waals surface area contributed by atoms with Crippen LogP contribution in [0.5, 0.6) is 11.5 Å². The van der Waals surface area contributed by atoms with Crippen LogP contribution in [0, 0.1) is 0 Å². The van der Waals surface area contributed by atoms with Crippen LogP contribution in [0.15, 0.2) is 53.5 Å². The van der Waals surface area contributed by atoms with Gasteiger partial charge in [-0.1, -0.05) is 48.2 Å². The van der Waals surface area contributed by atoms with E-state index in [2.05, 4.69) is 54.3 Å². The van der Waals surface area contributed by atoms with E-state index in [9.17, 15) is 0 Å². The second-order valence-electron chi connectivity index (χ2n) is 6.59. The van der Waals surface area contributed by atoms with Crippen molar-refractivity contribution in [2.75, 3.05) is 33.1 Å². The molecule has 5 heteroatoms. The Morgan fingerprint density at radius 3 is 2.52 bits per heavy atom. The Hall–Kier alpha value is -2.14. The first kappa shape index (κ1) is 19.6. The fourth-order valence-electron chi connectivity index (χ4n) is 3.27. The molecular formula is C22H28N2O2S. The van der Waals surface area contributed by atoms with Crippen molar-refractivity contribution in [3.05, 3.63) is 59.7 Å². The Balaban J connectivity index is 1.78. The molecule has 144 valence electrons. The van der Waals surface area contributed by atoms with Crippen LogP contribution in [0.25, 0.3) is 0 Å². The number of hydrogen-bond donors (Lipinski definition) is 0. The Morgan fingerprint density at radius 1 is 1.07 bits per heavy atom. The van der Waals surface area contributed by atoms with E-state index in [1.54, 1.807) is 14.2 Å². The van der Waals surface area contributed by atoms with Gasteiger partial charge in [0.2, 0.25) is 0 Å². The lowest BCUT2D eigenvalue weighted by Gasteiger charge is -2.33. The molecular weight excluding hydrogens is 356 g/mol. The summed E-state index contributed by atoms with van der Waals surface area (Å²) in [6.45, 7) is 4.11. The molecule has 4 nitrogen and oxygen atoms in total. The lowest BCUT2D eigenvalue weighted by atomic mass is 10.1. The molecule has 0 saturated heterocycles. The number of methoxy groups -OCH3 is 2. The van der Waals surface area contributed by atoms with E-state index >= 15 is 0 Å². The van der Waals surface area contributed by atoms with Crippen LogP contribution >= 0.6 is 11.8 Å². The van der Waals surface area contributed by atoms with Gasteiger partial charge in [0, 0.05) is 18.8 Å². The van der Waals surface area contributed by atoms with Crippen molar-refractivity contribution in [2.45, 2.75) is 25.8 Å². The molecule has 27 heavy (non-hydrogen) atoms. The second kappa shape index (κ2) is 9.70. The molecule has 1 aliphatic rings. The third-order valence-corrected chi connectivity index (χ3v) is 5.98. The number of amidine groups is 1. The predicted octanol–water partition coefficient (Wildman–Crippen LogP) is 4.80. The molecule has 0 spiro atoms. The number of nitrogens with zero attached hydrogens (tertiary/aromatic N) is 2. The number of aliphatic imine (C=N–C) groups is 1. The smallest absolute Gasteiger partial charge is 0.160 e. The number of benzene rings is 2. The molecule has 0 amide bonds. The standard InChI is InChI=1S/C22H28N2O2S/c1-17(19-8-5-4-6-9-19)24(22-23-13-7-15-27-22)14-12-18-10-11-20(25-2)21(16-18)26-3/h4-6,8-11,16-17H,7,12-15H2,1-3H3. The average Bonchev–Trinajstić information content (AvgIpc) is 2.75. The van der Waals surface area contributed by atoms with Gasteiger partial charge >= 0.3 is 0 Å². The van der Waals surface area contributed by atoms with Crippen molar-refractivity contribution >= 4 is 16.9 Å². The SMILES string of the molecule is COc1ccc(CCN(C2=NCCCS2)C(C)c2ccccc2)cc1OC. The zero-order valence-corrected chi connectivity index (χ0v) is 17.2. The van der Waals surface area contributed by atoms with Crippen molar-refractivity contribution in [3.63, 3.8) is 0 Å². The highest BCUT2D eigenvalue weighted by Crippen LogP contribution is 2.29. The zero-order valence-electron chi connectivity index (χ0n) is 16.4. The van der Waals surface area contributed by atoms with Gasteiger partial charge in [-0.05, 0) is 43.0 Å². The van der Waals surface area contributed by atoms with E-state index in [0.717, 1.165) is 48.4 Å². The van der Waals surface area contributed by atoms with Gasteiger partial charge in [-0.3, -0.25) is 4.99 Å². The van der Waals surface area contributed by atoms with Crippen LogP contribution in [0.1, 0.15) is 30.5 Å². The van der Waals surface area contributed by atoms with Crippen LogP contribution in [0.2, 0.25) is 0 Å². The van der Waals surface area contributed by atoms with E-state index in [-0.39, 0.29) is 6.04 Å². The van der Waals surface area contributed by atoms with Gasteiger partial charge in [0.1, 0.15) is 0 Å². The van der Waals surface area contributed by atoms with Crippen molar-refractivity contribution in [1.29, 1.82) is 0 Å². The Labute approximate surface area is 166 Å². The van der Waals surface area contributed by atoms with E-state index in [1.165, 1.54) is 11.1 Å². The van der Waals surface area contributed by atoms with Gasteiger partial charge in [0.05, 0.1) is 20.3 Å². The molecule has 0 radical (unpaired) electrons. The number of hydrogen-bond acceptors (Lipinski definition) is 5. The van der Waals surface area contributed by atoms with E-state index in [4.69, 9.17) is 14.5 Å². The summed E-state index contributed by atoms with van der Waals surface area (Å²) in [6, 6.07) is 17.1. The monoisotopic (exact) mass is 384 g/mol. The molecule has 2 aromatic carbocycles. The molecule has 0 saturated carbocycles. The highest BCUT2D eigenvalue weighted by molar-refractivity contribution is 8.13. The van der Waals surface area contributed by atoms with Crippen molar-refractivity contribution < 1.29 is 9.47 Å². The summed E-state index contributed by atoms with van der Waals surface area (Å²) in [7, 11) is 3.35. The highest BCUT2D eigenvalue weighted by Gasteiger charge is 2.21. The van der Waals surface area contributed by atoms with Gasteiger partial charge in [0.25, 0.3) is 0 Å². The fraction of sp³-hybridized carbons (Fsp3) is 0.409. The van der Waals surface area contributed by atoms with Gasteiger partial charge < -0.3 is 14.4 Å². The summed E-state index contributed by atoms with van der Waals surface area (Å²) in [6.07, 6.45) is 2.09. The summed E-state index contributed by atoms with van der Waals surface area (Å²) >= 11 is 1.87. The summed E-state index contributed by atoms with van der Waals surface area (Å²) in [4.78, 5) is 7.25. The predicted molar refractivity (Wildman–Crippen MR) is 114 cm³/mol. The van der Waals surface area contributed by atoms with Crippen LogP contribution in [-0.2, 0) is 6.42 Å². The van der Waals surface area contributed by atoms with E-state index < -0.39 is 0 Å². The van der Waals surface area contributed by atoms with Gasteiger partial charge in [-0.25, -0.2) is 0 Å². The molecule has 2 aromatic rings. The van der Waals surface area contributed by atoms with Crippen LogP contribution in [0.4, 0.5) is 0 Å². The normalized spacial score (nSPS) is 15.0. The minimum atomic E-state index is 0.288. The van der Waals surface area contributed by atoms with E-state index in [1.807, 2.05) is 17.8 Å². The third-order valence-electron chi connectivity index (χ3n) is 4.87. The number of ether oxygens (including phenoxy) is 2. The maximum atomic E-state index is 5.45. The first-order valence-electron chi connectivity index (χ1n) is 9.42. The van der Waals surface area contributed by atoms with E-state index in [0.29, 0.717) is 0 Å². The molecule has 1 unspecified atom stereocenters. The second-order valence-corrected chi connectivity index (χ2v) is 7.65. The summed E-state index contributed by atoms with van der Waals surface area (Å²) in [5, 5.41) is 1.16. The van der Waals surface area contributed by atoms with Crippen LogP contribution in [0.3, 0.4) is 0 Å².